The van der Waals surface area contributed by atoms with Gasteiger partial charge in [0.1, 0.15) is 5.75 Å². The number of nitrogens with one attached hydrogen (secondary N) is 1. The Morgan fingerprint density at radius 2 is 2.00 bits per heavy atom. The Labute approximate surface area is 121 Å². The molecule has 1 saturated heterocycles. The van der Waals surface area contributed by atoms with Crippen molar-refractivity contribution in [3.63, 3.8) is 0 Å². The number of hydrogen-bond acceptors (Lipinski definition) is 3. The molecule has 20 heavy (non-hydrogen) atoms. The summed E-state index contributed by atoms with van der Waals surface area (Å²) in [5.74, 6) is 1.66. The maximum atomic E-state index is 5.76. The Hall–Kier alpha value is -1.06. The van der Waals surface area contributed by atoms with Gasteiger partial charge in [-0.3, -0.25) is 0 Å². The molecule has 3 heteroatoms. The fraction of sp³-hybridized carbons (Fsp3) is 0.647. The van der Waals surface area contributed by atoms with Gasteiger partial charge in [0.15, 0.2) is 0 Å². The van der Waals surface area contributed by atoms with E-state index in [-0.39, 0.29) is 0 Å². The molecule has 3 rings (SSSR count). The summed E-state index contributed by atoms with van der Waals surface area (Å²) in [7, 11) is 1.71. The van der Waals surface area contributed by atoms with Crippen LogP contribution in [0.15, 0.2) is 24.3 Å². The zero-order chi connectivity index (χ0) is 13.8. The monoisotopic (exact) mass is 275 g/mol. The lowest BCUT2D eigenvalue weighted by Crippen LogP contribution is -2.44. The highest BCUT2D eigenvalue weighted by Crippen LogP contribution is 2.37. The maximum Gasteiger partial charge on any atom is 0.118 e. The molecule has 110 valence electrons. The highest BCUT2D eigenvalue weighted by atomic mass is 16.5. The fourth-order valence-electron chi connectivity index (χ4n) is 3.20. The lowest BCUT2D eigenvalue weighted by Gasteiger charge is -2.37. The van der Waals surface area contributed by atoms with Crippen LogP contribution in [-0.4, -0.2) is 32.4 Å². The van der Waals surface area contributed by atoms with Crippen molar-refractivity contribution in [2.75, 3.05) is 20.3 Å². The van der Waals surface area contributed by atoms with Gasteiger partial charge in [-0.2, -0.15) is 0 Å². The number of hydrogen-bond donors (Lipinski definition) is 1. The minimum absolute atomic E-state index is 0.448. The second kappa shape index (κ2) is 6.59. The van der Waals surface area contributed by atoms with Crippen LogP contribution in [0.4, 0.5) is 0 Å². The van der Waals surface area contributed by atoms with Crippen molar-refractivity contribution in [2.45, 2.75) is 50.2 Å². The summed E-state index contributed by atoms with van der Waals surface area (Å²) in [6.07, 6.45) is 6.73. The van der Waals surface area contributed by atoms with E-state index in [1.807, 2.05) is 0 Å². The summed E-state index contributed by atoms with van der Waals surface area (Å²) in [6, 6.07) is 9.19. The zero-order valence-corrected chi connectivity index (χ0v) is 12.3. The smallest absolute Gasteiger partial charge is 0.118 e. The van der Waals surface area contributed by atoms with Crippen LogP contribution in [0.3, 0.4) is 0 Å². The third kappa shape index (κ3) is 3.33. The predicted molar refractivity (Wildman–Crippen MR) is 80.4 cm³/mol. The molecular weight excluding hydrogens is 250 g/mol. The molecule has 0 aromatic heterocycles. The van der Waals surface area contributed by atoms with Gasteiger partial charge in [0.2, 0.25) is 0 Å². The fourth-order valence-corrected chi connectivity index (χ4v) is 3.20. The standard InChI is InChI=1S/C17H25NO2/c1-19-16-7-5-13(6-8-16)14-10-15(11-14)18-12-17-4-2-3-9-20-17/h5-8,14-15,17-18H,2-4,9-12H2,1H3. The first-order valence-electron chi connectivity index (χ1n) is 7.84. The third-order valence-electron chi connectivity index (χ3n) is 4.63. The number of rotatable bonds is 5. The lowest BCUT2D eigenvalue weighted by atomic mass is 9.76. The molecular formula is C17H25NO2. The van der Waals surface area contributed by atoms with Crippen LogP contribution in [0.2, 0.25) is 0 Å². The maximum absolute atomic E-state index is 5.76. The molecule has 0 bridgehead atoms. The minimum Gasteiger partial charge on any atom is -0.497 e. The first-order chi connectivity index (χ1) is 9.85. The van der Waals surface area contributed by atoms with Gasteiger partial charge in [-0.1, -0.05) is 12.1 Å². The van der Waals surface area contributed by atoms with Crippen molar-refractivity contribution in [3.05, 3.63) is 29.8 Å². The van der Waals surface area contributed by atoms with Crippen molar-refractivity contribution >= 4 is 0 Å². The van der Waals surface area contributed by atoms with E-state index in [1.165, 1.54) is 37.7 Å². The summed E-state index contributed by atoms with van der Waals surface area (Å²) >= 11 is 0. The molecule has 1 unspecified atom stereocenters. The minimum atomic E-state index is 0.448. The molecule has 2 fully saturated rings. The molecule has 1 heterocycles. The molecule has 1 saturated carbocycles. The molecule has 0 radical (unpaired) electrons. The van der Waals surface area contributed by atoms with Gasteiger partial charge >= 0.3 is 0 Å². The van der Waals surface area contributed by atoms with Gasteiger partial charge in [0.25, 0.3) is 0 Å². The number of ether oxygens (including phenoxy) is 2. The van der Waals surface area contributed by atoms with Gasteiger partial charge in [0.05, 0.1) is 13.2 Å². The van der Waals surface area contributed by atoms with Crippen LogP contribution < -0.4 is 10.1 Å². The van der Waals surface area contributed by atoms with Crippen LogP contribution >= 0.6 is 0 Å². The highest BCUT2D eigenvalue weighted by molar-refractivity contribution is 5.30. The van der Waals surface area contributed by atoms with Crippen LogP contribution in [0.25, 0.3) is 0 Å². The number of methoxy groups -OCH3 is 1. The predicted octanol–water partition coefficient (Wildman–Crippen LogP) is 3.10. The molecule has 1 aromatic carbocycles. The summed E-state index contributed by atoms with van der Waals surface area (Å²) in [6.45, 7) is 1.98. The van der Waals surface area contributed by atoms with Gasteiger partial charge in [-0.25, -0.2) is 0 Å². The van der Waals surface area contributed by atoms with E-state index in [2.05, 4.69) is 29.6 Å². The molecule has 0 amide bonds. The van der Waals surface area contributed by atoms with Crippen LogP contribution in [0, 0.1) is 0 Å². The summed E-state index contributed by atoms with van der Waals surface area (Å²) in [5, 5.41) is 3.66. The highest BCUT2D eigenvalue weighted by Gasteiger charge is 2.30. The van der Waals surface area contributed by atoms with E-state index in [9.17, 15) is 0 Å². The zero-order valence-electron chi connectivity index (χ0n) is 12.3. The summed E-state index contributed by atoms with van der Waals surface area (Å²) < 4.78 is 11.0. The normalized spacial score (nSPS) is 29.8. The van der Waals surface area contributed by atoms with E-state index in [4.69, 9.17) is 9.47 Å². The van der Waals surface area contributed by atoms with Crippen LogP contribution in [0.1, 0.15) is 43.6 Å². The van der Waals surface area contributed by atoms with E-state index >= 15 is 0 Å². The molecule has 0 spiro atoms. The first kappa shape index (κ1) is 13.9. The Bertz CT molecular complexity index is 406. The van der Waals surface area contributed by atoms with E-state index in [0.29, 0.717) is 18.1 Å². The summed E-state index contributed by atoms with van der Waals surface area (Å²) in [5.41, 5.74) is 1.44. The van der Waals surface area contributed by atoms with Gasteiger partial charge in [-0.05, 0) is 55.7 Å². The largest absolute Gasteiger partial charge is 0.497 e. The Morgan fingerprint density at radius 3 is 2.65 bits per heavy atom. The lowest BCUT2D eigenvalue weighted by molar-refractivity contribution is 0.0132. The molecule has 2 aliphatic rings. The Balaban J connectivity index is 1.39. The quantitative estimate of drug-likeness (QED) is 0.895. The van der Waals surface area contributed by atoms with Crippen molar-refractivity contribution in [1.29, 1.82) is 0 Å². The molecule has 1 aliphatic heterocycles. The molecule has 1 aliphatic carbocycles. The molecule has 1 atom stereocenters. The third-order valence-corrected chi connectivity index (χ3v) is 4.63. The average Bonchev–Trinajstić information content (AvgIpc) is 2.47. The van der Waals surface area contributed by atoms with E-state index in [0.717, 1.165) is 18.9 Å². The second-order valence-electron chi connectivity index (χ2n) is 6.04. The molecule has 1 aromatic rings. The molecule has 1 N–H and O–H groups in total. The topological polar surface area (TPSA) is 30.5 Å². The Morgan fingerprint density at radius 1 is 1.20 bits per heavy atom. The van der Waals surface area contributed by atoms with Crippen molar-refractivity contribution in [3.8, 4) is 5.75 Å². The van der Waals surface area contributed by atoms with Gasteiger partial charge in [-0.15, -0.1) is 0 Å². The average molecular weight is 275 g/mol. The SMILES string of the molecule is COc1ccc(C2CC(NCC3CCCCO3)C2)cc1. The first-order valence-corrected chi connectivity index (χ1v) is 7.84. The number of benzene rings is 1. The van der Waals surface area contributed by atoms with Gasteiger partial charge < -0.3 is 14.8 Å². The van der Waals surface area contributed by atoms with E-state index in [1.54, 1.807) is 7.11 Å². The summed E-state index contributed by atoms with van der Waals surface area (Å²) in [4.78, 5) is 0. The van der Waals surface area contributed by atoms with Gasteiger partial charge in [0, 0.05) is 19.2 Å². The molecule has 3 nitrogen and oxygen atoms in total. The van der Waals surface area contributed by atoms with Crippen LogP contribution in [0.5, 0.6) is 5.75 Å². The van der Waals surface area contributed by atoms with Crippen molar-refractivity contribution in [2.24, 2.45) is 0 Å². The second-order valence-corrected chi connectivity index (χ2v) is 6.04. The Kier molecular flexibility index (Phi) is 4.58. The van der Waals surface area contributed by atoms with Crippen molar-refractivity contribution in [1.82, 2.24) is 5.32 Å². The van der Waals surface area contributed by atoms with Crippen LogP contribution in [-0.2, 0) is 4.74 Å². The van der Waals surface area contributed by atoms with E-state index < -0.39 is 0 Å². The van der Waals surface area contributed by atoms with Crippen molar-refractivity contribution < 1.29 is 9.47 Å².